The van der Waals surface area contributed by atoms with Gasteiger partial charge in [-0.15, -0.1) is 0 Å². The minimum atomic E-state index is 0.0329. The lowest BCUT2D eigenvalue weighted by molar-refractivity contribution is 0.0788. The summed E-state index contributed by atoms with van der Waals surface area (Å²) in [5, 5.41) is 9.75. The van der Waals surface area contributed by atoms with Crippen LogP contribution in [0.3, 0.4) is 0 Å². The Morgan fingerprint density at radius 3 is 3.06 bits per heavy atom. The molecule has 1 atom stereocenters. The average molecular weight is 293 g/mol. The van der Waals surface area contributed by atoms with Gasteiger partial charge in [0.2, 0.25) is 0 Å². The van der Waals surface area contributed by atoms with Crippen LogP contribution in [0.2, 0.25) is 0 Å². The monoisotopic (exact) mass is 292 g/mol. The van der Waals surface area contributed by atoms with E-state index in [-0.39, 0.29) is 5.91 Å². The number of carbonyl (C=O) groups excluding carboxylic acids is 1. The molecule has 1 aliphatic rings. The topological polar surface area (TPSA) is 44.1 Å². The van der Waals surface area contributed by atoms with Crippen molar-refractivity contribution in [2.75, 3.05) is 18.4 Å². The maximum atomic E-state index is 12.2. The van der Waals surface area contributed by atoms with Crippen molar-refractivity contribution in [1.82, 2.24) is 4.90 Å². The van der Waals surface area contributed by atoms with E-state index in [0.717, 1.165) is 24.8 Å². The molecule has 88 valence electrons. The van der Waals surface area contributed by atoms with Gasteiger partial charge in [-0.3, -0.25) is 4.79 Å². The third kappa shape index (κ3) is 2.67. The fourth-order valence-electron chi connectivity index (χ4n) is 2.05. The van der Waals surface area contributed by atoms with E-state index >= 15 is 0 Å². The quantitative estimate of drug-likeness (QED) is 0.786. The Bertz CT molecular complexity index is 467. The summed E-state index contributed by atoms with van der Waals surface area (Å²) in [5.74, 6) is 0.587. The van der Waals surface area contributed by atoms with E-state index in [1.807, 2.05) is 4.90 Å². The molecule has 0 bridgehead atoms. The Morgan fingerprint density at radius 1 is 1.59 bits per heavy atom. The molecule has 0 radical (unpaired) electrons. The molecular weight excluding hydrogens is 280 g/mol. The summed E-state index contributed by atoms with van der Waals surface area (Å²) in [6.07, 6.45) is 1.05. The molecule has 1 heterocycles. The molecule has 17 heavy (non-hydrogen) atoms. The summed E-state index contributed by atoms with van der Waals surface area (Å²) >= 11 is 3.45. The third-order valence-corrected chi connectivity index (χ3v) is 3.95. The van der Waals surface area contributed by atoms with Gasteiger partial charge in [0, 0.05) is 24.0 Å². The molecule has 1 aromatic rings. The normalized spacial score (nSPS) is 19.1. The fraction of sp³-hybridized carbons (Fsp3) is 0.385. The highest BCUT2D eigenvalue weighted by Crippen LogP contribution is 2.20. The highest BCUT2D eigenvalue weighted by atomic mass is 79.9. The Kier molecular flexibility index (Phi) is 3.80. The van der Waals surface area contributed by atoms with E-state index in [1.165, 1.54) is 0 Å². The van der Waals surface area contributed by atoms with Crippen LogP contribution in [0.5, 0.6) is 0 Å². The highest BCUT2D eigenvalue weighted by molar-refractivity contribution is 9.09. The summed E-state index contributed by atoms with van der Waals surface area (Å²) < 4.78 is 0. The molecule has 1 aromatic carbocycles. The third-order valence-electron chi connectivity index (χ3n) is 3.03. The number of likely N-dealkylation sites (tertiary alicyclic amines) is 1. The second-order valence-electron chi connectivity index (χ2n) is 4.25. The van der Waals surface area contributed by atoms with Crippen LogP contribution < -0.4 is 0 Å². The molecule has 1 aliphatic heterocycles. The maximum Gasteiger partial charge on any atom is 0.253 e. The predicted molar refractivity (Wildman–Crippen MR) is 69.0 cm³/mol. The number of rotatable bonds is 2. The lowest BCUT2D eigenvalue weighted by Crippen LogP contribution is -2.28. The average Bonchev–Trinajstić information content (AvgIpc) is 2.86. The minimum Gasteiger partial charge on any atom is -0.338 e. The molecule has 1 saturated heterocycles. The molecule has 3 nitrogen and oxygen atoms in total. The first-order valence-electron chi connectivity index (χ1n) is 5.60. The molecule has 4 heteroatoms. The van der Waals surface area contributed by atoms with Crippen molar-refractivity contribution in [3.63, 3.8) is 0 Å². The van der Waals surface area contributed by atoms with Crippen LogP contribution in [0.4, 0.5) is 0 Å². The van der Waals surface area contributed by atoms with Crippen LogP contribution in [0.1, 0.15) is 22.3 Å². The van der Waals surface area contributed by atoms with Crippen molar-refractivity contribution in [2.45, 2.75) is 6.42 Å². The summed E-state index contributed by atoms with van der Waals surface area (Å²) in [4.78, 5) is 14.0. The Balaban J connectivity index is 2.12. The van der Waals surface area contributed by atoms with Crippen LogP contribution in [0.25, 0.3) is 0 Å². The van der Waals surface area contributed by atoms with Gasteiger partial charge in [0.25, 0.3) is 5.91 Å². The van der Waals surface area contributed by atoms with Crippen molar-refractivity contribution in [2.24, 2.45) is 5.92 Å². The zero-order chi connectivity index (χ0) is 12.3. The molecule has 0 aliphatic carbocycles. The van der Waals surface area contributed by atoms with Crippen molar-refractivity contribution < 1.29 is 4.79 Å². The molecule has 0 N–H and O–H groups in total. The molecule has 1 amide bonds. The maximum absolute atomic E-state index is 12.2. The van der Waals surface area contributed by atoms with Gasteiger partial charge in [-0.2, -0.15) is 5.26 Å². The number of nitrogens with zero attached hydrogens (tertiary/aromatic N) is 2. The first-order chi connectivity index (χ1) is 8.24. The van der Waals surface area contributed by atoms with Gasteiger partial charge < -0.3 is 4.90 Å². The van der Waals surface area contributed by atoms with E-state index in [0.29, 0.717) is 17.0 Å². The summed E-state index contributed by atoms with van der Waals surface area (Å²) in [5.41, 5.74) is 1.14. The van der Waals surface area contributed by atoms with E-state index < -0.39 is 0 Å². The standard InChI is InChI=1S/C13H13BrN2O/c14-7-11-4-5-16(9-11)13(17)12-3-1-2-10(6-12)8-15/h1-3,6,11H,4-5,7,9H2. The molecule has 1 unspecified atom stereocenters. The first-order valence-corrected chi connectivity index (χ1v) is 6.72. The van der Waals surface area contributed by atoms with Gasteiger partial charge in [0.05, 0.1) is 11.6 Å². The number of halogens is 1. The van der Waals surface area contributed by atoms with Gasteiger partial charge in [-0.05, 0) is 30.5 Å². The SMILES string of the molecule is N#Cc1cccc(C(=O)N2CCC(CBr)C2)c1. The number of hydrogen-bond acceptors (Lipinski definition) is 2. The van der Waals surface area contributed by atoms with Crippen LogP contribution in [-0.4, -0.2) is 29.2 Å². The van der Waals surface area contributed by atoms with E-state index in [4.69, 9.17) is 5.26 Å². The summed E-state index contributed by atoms with van der Waals surface area (Å²) in [7, 11) is 0. The van der Waals surface area contributed by atoms with Crippen LogP contribution in [-0.2, 0) is 0 Å². The van der Waals surface area contributed by atoms with E-state index in [9.17, 15) is 4.79 Å². The number of hydrogen-bond donors (Lipinski definition) is 0. The van der Waals surface area contributed by atoms with E-state index in [2.05, 4.69) is 22.0 Å². The number of benzene rings is 1. The molecule has 0 spiro atoms. The lowest BCUT2D eigenvalue weighted by Gasteiger charge is -2.16. The van der Waals surface area contributed by atoms with Gasteiger partial charge >= 0.3 is 0 Å². The van der Waals surface area contributed by atoms with Crippen molar-refractivity contribution >= 4 is 21.8 Å². The lowest BCUT2D eigenvalue weighted by atomic mass is 10.1. The van der Waals surface area contributed by atoms with Gasteiger partial charge in [0.15, 0.2) is 0 Å². The molecule has 1 fully saturated rings. The molecule has 0 aromatic heterocycles. The minimum absolute atomic E-state index is 0.0329. The number of nitriles is 1. The van der Waals surface area contributed by atoms with Crippen molar-refractivity contribution in [3.05, 3.63) is 35.4 Å². The van der Waals surface area contributed by atoms with Crippen LogP contribution in [0, 0.1) is 17.2 Å². The smallest absolute Gasteiger partial charge is 0.253 e. The fourth-order valence-corrected chi connectivity index (χ4v) is 2.58. The molecular formula is C13H13BrN2O. The summed E-state index contributed by atoms with van der Waals surface area (Å²) in [6.45, 7) is 1.62. The van der Waals surface area contributed by atoms with Gasteiger partial charge in [-0.25, -0.2) is 0 Å². The summed E-state index contributed by atoms with van der Waals surface area (Å²) in [6, 6.07) is 8.94. The zero-order valence-electron chi connectivity index (χ0n) is 9.40. The van der Waals surface area contributed by atoms with Gasteiger partial charge in [-0.1, -0.05) is 22.0 Å². The van der Waals surface area contributed by atoms with Crippen molar-refractivity contribution in [1.29, 1.82) is 5.26 Å². The Morgan fingerprint density at radius 2 is 2.41 bits per heavy atom. The predicted octanol–water partition coefficient (Wildman–Crippen LogP) is 2.42. The zero-order valence-corrected chi connectivity index (χ0v) is 11.0. The first kappa shape index (κ1) is 12.1. The highest BCUT2D eigenvalue weighted by Gasteiger charge is 2.26. The second kappa shape index (κ2) is 5.33. The van der Waals surface area contributed by atoms with Crippen LogP contribution in [0.15, 0.2) is 24.3 Å². The number of carbonyl (C=O) groups is 1. The Hall–Kier alpha value is -1.34. The number of alkyl halides is 1. The molecule has 2 rings (SSSR count). The van der Waals surface area contributed by atoms with E-state index in [1.54, 1.807) is 24.3 Å². The molecule has 0 saturated carbocycles. The largest absolute Gasteiger partial charge is 0.338 e. The Labute approximate surface area is 109 Å². The second-order valence-corrected chi connectivity index (χ2v) is 4.90. The van der Waals surface area contributed by atoms with Crippen LogP contribution >= 0.6 is 15.9 Å². The number of amides is 1. The van der Waals surface area contributed by atoms with Crippen molar-refractivity contribution in [3.8, 4) is 6.07 Å². The van der Waals surface area contributed by atoms with Gasteiger partial charge in [0.1, 0.15) is 0 Å².